The summed E-state index contributed by atoms with van der Waals surface area (Å²) in [5, 5.41) is 12.6. The number of aryl methyl sites for hydroxylation is 1. The van der Waals surface area contributed by atoms with E-state index in [1.54, 1.807) is 18.3 Å². The number of aromatic nitrogens is 3. The van der Waals surface area contributed by atoms with Crippen LogP contribution in [-0.4, -0.2) is 19.6 Å². The van der Waals surface area contributed by atoms with Gasteiger partial charge >= 0.3 is 0 Å². The molecule has 0 spiro atoms. The molecule has 5 heteroatoms. The molecule has 0 unspecified atom stereocenters. The van der Waals surface area contributed by atoms with Crippen molar-refractivity contribution in [1.82, 2.24) is 14.5 Å². The Hall–Kier alpha value is -7.13. The van der Waals surface area contributed by atoms with E-state index in [-0.39, 0.29) is 55.2 Å². The van der Waals surface area contributed by atoms with E-state index in [2.05, 4.69) is 52.8 Å². The van der Waals surface area contributed by atoms with Gasteiger partial charge in [0.05, 0.1) is 22.3 Å². The van der Waals surface area contributed by atoms with Crippen LogP contribution in [0.2, 0.25) is 0 Å². The second kappa shape index (κ2) is 20.6. The van der Waals surface area contributed by atoms with Crippen molar-refractivity contribution >= 4 is 11.0 Å². The Kier molecular flexibility index (Phi) is 10.7. The van der Waals surface area contributed by atoms with E-state index in [0.29, 0.717) is 67.2 Å². The number of phenolic OH excluding ortho intramolecular Hbond substituents is 1. The van der Waals surface area contributed by atoms with E-state index < -0.39 is 32.8 Å². The number of phenols is 1. The molecule has 2 heterocycles. The molecule has 1 N–H and O–H groups in total. The number of fused-ring (bicyclic) bond motifs is 1. The first-order valence-corrected chi connectivity index (χ1v) is 24.8. The maximum absolute atomic E-state index is 12.6. The van der Waals surface area contributed by atoms with Gasteiger partial charge in [-0.1, -0.05) is 219 Å². The summed E-state index contributed by atoms with van der Waals surface area (Å²) in [5.41, 5.74) is 9.81. The molecule has 0 bridgehead atoms. The topological polar surface area (TPSA) is 50.9 Å². The van der Waals surface area contributed by atoms with Gasteiger partial charge in [-0.2, -0.15) is 0 Å². The fourth-order valence-corrected chi connectivity index (χ4v) is 9.70. The molecule has 0 aliphatic rings. The Morgan fingerprint density at radius 1 is 0.541 bits per heavy atom. The summed E-state index contributed by atoms with van der Waals surface area (Å²) >= 11 is 0. The van der Waals surface area contributed by atoms with Gasteiger partial charge in [-0.05, 0) is 121 Å². The van der Waals surface area contributed by atoms with Gasteiger partial charge < -0.3 is 5.11 Å². The van der Waals surface area contributed by atoms with Crippen molar-refractivity contribution < 1.29 is 42.6 Å². The van der Waals surface area contributed by atoms with Gasteiger partial charge in [-0.15, -0.1) is 23.8 Å². The van der Waals surface area contributed by atoms with Gasteiger partial charge in [0.15, 0.2) is 0 Å². The molecule has 0 amide bonds. The third-order valence-electron chi connectivity index (χ3n) is 13.9. The normalized spacial score (nSPS) is 15.0. The zero-order chi connectivity index (χ0) is 61.3. The second-order valence-corrected chi connectivity index (χ2v) is 20.7. The van der Waals surface area contributed by atoms with Crippen molar-refractivity contribution in [2.24, 2.45) is 0 Å². The quantitative estimate of drug-likeness (QED) is 0.139. The number of pyridine rings is 1. The Morgan fingerprint density at radius 3 is 1.80 bits per heavy atom. The molecule has 0 aliphatic heterocycles. The number of aromatic hydroxyl groups is 1. The van der Waals surface area contributed by atoms with Crippen LogP contribution in [0.25, 0.3) is 95.0 Å². The zero-order valence-electron chi connectivity index (χ0n) is 54.6. The standard InChI is InChI=1S/C69H66N3O.Pt/c1-43(2)51-39-58(44(3)4)66(73)61(40-51)67-71-65-57(53-36-52(46-19-14-12-15-20-46)37-54(38-53)62-41-50(33-34-70-62)47-25-29-55(30-26-47)68(6,7)8)23-18-24-63(65)72(67)64-35-45(5)59(42-60(64)48-21-16-13-17-22-48)49-27-31-56(32-28-49)69(9,10)11;/h12-37,39-44,73H,1-11H3;/q-1;/i5D3,6D3,7D3,8D3;. The van der Waals surface area contributed by atoms with Crippen LogP contribution in [0.3, 0.4) is 0 Å². The number of para-hydroxylation sites is 1. The maximum Gasteiger partial charge on any atom is 0.148 e. The van der Waals surface area contributed by atoms with E-state index in [0.717, 1.165) is 44.5 Å². The smallest absolute Gasteiger partial charge is 0.148 e. The Labute approximate surface area is 470 Å². The van der Waals surface area contributed by atoms with Crippen LogP contribution in [0, 0.1) is 12.9 Å². The van der Waals surface area contributed by atoms with Gasteiger partial charge in [0.25, 0.3) is 0 Å². The van der Waals surface area contributed by atoms with E-state index in [4.69, 9.17) is 26.4 Å². The SMILES string of the molecule is [2H]C([2H])([2H])c1cc(-n2c(-c3cc(C(C)C)cc(C(C)C)c3O)nc3c(-c4[c-]c(-c5cc(-c6ccc(C(C([2H])([2H])[2H])(C([2H])([2H])[2H])C([2H])([2H])[2H])cc6)ccn5)cc(-c5ccccc5)c4)cccc32)c(-c2ccccc2)cc1-c1ccc(C(C)(C)C)cc1.[Pt]. The summed E-state index contributed by atoms with van der Waals surface area (Å²) < 4.78 is 104. The van der Waals surface area contributed by atoms with E-state index in [9.17, 15) is 5.11 Å². The Bertz CT molecular complexity index is 4070. The number of nitrogens with zero attached hydrogens (tertiary/aromatic N) is 3. The zero-order valence-corrected chi connectivity index (χ0v) is 44.9. The van der Waals surface area contributed by atoms with Gasteiger partial charge in [0.2, 0.25) is 0 Å². The van der Waals surface area contributed by atoms with Crippen molar-refractivity contribution in [3.63, 3.8) is 0 Å². The molecule has 4 nitrogen and oxygen atoms in total. The van der Waals surface area contributed by atoms with Crippen LogP contribution in [0.1, 0.15) is 125 Å². The second-order valence-electron chi connectivity index (χ2n) is 20.7. The summed E-state index contributed by atoms with van der Waals surface area (Å²) in [6.07, 6.45) is 1.63. The third-order valence-corrected chi connectivity index (χ3v) is 13.9. The van der Waals surface area contributed by atoms with Crippen molar-refractivity contribution in [2.75, 3.05) is 0 Å². The third kappa shape index (κ3) is 10.2. The molecule has 0 aliphatic carbocycles. The first kappa shape index (κ1) is 38.4. The Balaban J connectivity index is 0.00000884. The van der Waals surface area contributed by atoms with Crippen molar-refractivity contribution in [3.8, 4) is 89.7 Å². The number of hydrogen-bond donors (Lipinski definition) is 1. The predicted molar refractivity (Wildman–Crippen MR) is 308 cm³/mol. The average molecular weight is 1160 g/mol. The Morgan fingerprint density at radius 2 is 1.16 bits per heavy atom. The molecule has 0 saturated heterocycles. The van der Waals surface area contributed by atoms with Crippen LogP contribution in [0.5, 0.6) is 5.75 Å². The monoisotopic (exact) mass is 1160 g/mol. The summed E-state index contributed by atoms with van der Waals surface area (Å²) in [7, 11) is 0. The summed E-state index contributed by atoms with van der Waals surface area (Å²) in [6.45, 7) is 1.92. The predicted octanol–water partition coefficient (Wildman–Crippen LogP) is 18.7. The minimum Gasteiger partial charge on any atom is -0.507 e. The molecule has 0 radical (unpaired) electrons. The van der Waals surface area contributed by atoms with Crippen molar-refractivity contribution in [2.45, 2.75) is 98.5 Å². The van der Waals surface area contributed by atoms with Gasteiger partial charge in [0.1, 0.15) is 11.6 Å². The summed E-state index contributed by atoms with van der Waals surface area (Å²) in [6, 6.07) is 58.4. The van der Waals surface area contributed by atoms with Crippen molar-refractivity contribution in [3.05, 3.63) is 216 Å². The fourth-order valence-electron chi connectivity index (χ4n) is 9.70. The molecule has 374 valence electrons. The maximum atomic E-state index is 12.6. The van der Waals surface area contributed by atoms with Gasteiger partial charge in [-0.3, -0.25) is 9.55 Å². The van der Waals surface area contributed by atoms with Crippen molar-refractivity contribution in [1.29, 1.82) is 0 Å². The van der Waals surface area contributed by atoms with E-state index >= 15 is 0 Å². The largest absolute Gasteiger partial charge is 0.507 e. The number of hydrogen-bond acceptors (Lipinski definition) is 3. The fraction of sp³-hybridized carbons (Fsp3) is 0.217. The minimum absolute atomic E-state index is 0. The molecule has 8 aromatic carbocycles. The molecule has 10 rings (SSSR count). The molecule has 10 aromatic rings. The summed E-state index contributed by atoms with van der Waals surface area (Å²) in [5.74, 6) is 0.465. The summed E-state index contributed by atoms with van der Waals surface area (Å²) in [4.78, 5) is 10.4. The first-order chi connectivity index (χ1) is 39.9. The molecule has 0 atom stereocenters. The van der Waals surface area contributed by atoms with Crippen LogP contribution < -0.4 is 0 Å². The van der Waals surface area contributed by atoms with Gasteiger partial charge in [0, 0.05) is 55.0 Å². The molecule has 74 heavy (non-hydrogen) atoms. The van der Waals surface area contributed by atoms with Crippen LogP contribution in [-0.2, 0) is 31.9 Å². The minimum atomic E-state index is -3.41. The van der Waals surface area contributed by atoms with Crippen LogP contribution in [0.4, 0.5) is 0 Å². The number of benzene rings is 8. The molecule has 2 aromatic heterocycles. The van der Waals surface area contributed by atoms with Crippen LogP contribution in [0.15, 0.2) is 182 Å². The van der Waals surface area contributed by atoms with Crippen LogP contribution >= 0.6 is 0 Å². The molecular formula is C69H66N3OPt-. The number of imidazole rings is 1. The van der Waals surface area contributed by atoms with E-state index in [1.165, 1.54) is 24.3 Å². The van der Waals surface area contributed by atoms with E-state index in [1.807, 2.05) is 146 Å². The molecular weight excluding hydrogens is 1080 g/mol. The number of rotatable bonds is 10. The van der Waals surface area contributed by atoms with Gasteiger partial charge in [-0.25, -0.2) is 4.98 Å². The first-order valence-electron chi connectivity index (χ1n) is 30.8. The molecule has 0 fully saturated rings. The molecule has 0 saturated carbocycles. The average Bonchev–Trinajstić information content (AvgIpc) is 0.896.